The van der Waals surface area contributed by atoms with Crippen molar-refractivity contribution in [3.63, 3.8) is 0 Å². The molecule has 0 spiro atoms. The SMILES string of the molecule is CCNC1CCC(C)(C)CC1Sc1ncco1. The molecular formula is C13H22N2OS. The lowest BCUT2D eigenvalue weighted by molar-refractivity contribution is 0.214. The van der Waals surface area contributed by atoms with Crippen LogP contribution in [0, 0.1) is 5.41 Å². The lowest BCUT2D eigenvalue weighted by atomic mass is 9.75. The fourth-order valence-corrected chi connectivity index (χ4v) is 3.96. The van der Waals surface area contributed by atoms with Crippen LogP contribution in [0.1, 0.15) is 40.0 Å². The molecule has 1 saturated carbocycles. The first-order valence-electron chi connectivity index (χ1n) is 6.40. The summed E-state index contributed by atoms with van der Waals surface area (Å²) in [7, 11) is 0. The van der Waals surface area contributed by atoms with Gasteiger partial charge in [0.25, 0.3) is 5.22 Å². The molecule has 4 heteroatoms. The zero-order chi connectivity index (χ0) is 12.3. The Balaban J connectivity index is 2.02. The van der Waals surface area contributed by atoms with Gasteiger partial charge in [-0.2, -0.15) is 0 Å². The van der Waals surface area contributed by atoms with Gasteiger partial charge < -0.3 is 9.73 Å². The summed E-state index contributed by atoms with van der Waals surface area (Å²) < 4.78 is 5.35. The molecule has 1 aliphatic carbocycles. The largest absolute Gasteiger partial charge is 0.440 e. The van der Waals surface area contributed by atoms with Crippen LogP contribution >= 0.6 is 11.8 Å². The van der Waals surface area contributed by atoms with E-state index in [0.29, 0.717) is 16.7 Å². The van der Waals surface area contributed by atoms with Crippen LogP contribution < -0.4 is 5.32 Å². The van der Waals surface area contributed by atoms with Crippen LogP contribution in [-0.4, -0.2) is 22.8 Å². The highest BCUT2D eigenvalue weighted by atomic mass is 32.2. The highest BCUT2D eigenvalue weighted by Crippen LogP contribution is 2.42. The summed E-state index contributed by atoms with van der Waals surface area (Å²) >= 11 is 1.78. The molecule has 1 fully saturated rings. The minimum atomic E-state index is 0.441. The van der Waals surface area contributed by atoms with Gasteiger partial charge in [0.15, 0.2) is 0 Å². The summed E-state index contributed by atoms with van der Waals surface area (Å²) in [4.78, 5) is 4.22. The van der Waals surface area contributed by atoms with Crippen molar-refractivity contribution < 1.29 is 4.42 Å². The standard InChI is InChI=1S/C13H22N2OS/c1-4-14-10-5-6-13(2,3)9-11(10)17-12-15-7-8-16-12/h7-8,10-11,14H,4-6,9H2,1-3H3. The number of thioether (sulfide) groups is 1. The number of rotatable bonds is 4. The quantitative estimate of drug-likeness (QED) is 0.894. The van der Waals surface area contributed by atoms with Crippen LogP contribution in [0.25, 0.3) is 0 Å². The van der Waals surface area contributed by atoms with Crippen molar-refractivity contribution in [3.05, 3.63) is 12.5 Å². The monoisotopic (exact) mass is 254 g/mol. The number of oxazole rings is 1. The highest BCUT2D eigenvalue weighted by Gasteiger charge is 2.35. The summed E-state index contributed by atoms with van der Waals surface area (Å²) in [5.74, 6) is 0. The van der Waals surface area contributed by atoms with Gasteiger partial charge in [-0.1, -0.05) is 32.5 Å². The van der Waals surface area contributed by atoms with E-state index in [1.807, 2.05) is 0 Å². The highest BCUT2D eigenvalue weighted by molar-refractivity contribution is 7.99. The van der Waals surface area contributed by atoms with E-state index in [4.69, 9.17) is 4.42 Å². The third kappa shape index (κ3) is 3.49. The maximum Gasteiger partial charge on any atom is 0.255 e. The van der Waals surface area contributed by atoms with Gasteiger partial charge in [-0.15, -0.1) is 0 Å². The molecular weight excluding hydrogens is 232 g/mol. The van der Waals surface area contributed by atoms with E-state index in [1.54, 1.807) is 24.2 Å². The average molecular weight is 254 g/mol. The third-order valence-electron chi connectivity index (χ3n) is 3.46. The zero-order valence-electron chi connectivity index (χ0n) is 10.9. The summed E-state index contributed by atoms with van der Waals surface area (Å²) in [5, 5.41) is 4.96. The van der Waals surface area contributed by atoms with E-state index in [0.717, 1.165) is 11.8 Å². The topological polar surface area (TPSA) is 38.1 Å². The van der Waals surface area contributed by atoms with Gasteiger partial charge in [0.1, 0.15) is 6.26 Å². The molecule has 0 radical (unpaired) electrons. The minimum absolute atomic E-state index is 0.441. The molecule has 0 amide bonds. The van der Waals surface area contributed by atoms with Gasteiger partial charge in [-0.05, 0) is 31.2 Å². The molecule has 3 nitrogen and oxygen atoms in total. The lowest BCUT2D eigenvalue weighted by Gasteiger charge is -2.40. The Kier molecular flexibility index (Phi) is 4.15. The number of hydrogen-bond acceptors (Lipinski definition) is 4. The molecule has 2 atom stereocenters. The molecule has 1 aromatic rings. The molecule has 0 bridgehead atoms. The number of hydrogen-bond donors (Lipinski definition) is 1. The van der Waals surface area contributed by atoms with Crippen LogP contribution in [0.15, 0.2) is 22.1 Å². The normalized spacial score (nSPS) is 28.2. The van der Waals surface area contributed by atoms with Crippen molar-refractivity contribution in [2.24, 2.45) is 5.41 Å². The zero-order valence-corrected chi connectivity index (χ0v) is 11.7. The van der Waals surface area contributed by atoms with Crippen LogP contribution in [-0.2, 0) is 0 Å². The molecule has 1 heterocycles. The minimum Gasteiger partial charge on any atom is -0.440 e. The van der Waals surface area contributed by atoms with Crippen molar-refractivity contribution in [1.82, 2.24) is 10.3 Å². The van der Waals surface area contributed by atoms with Gasteiger partial charge in [0.2, 0.25) is 0 Å². The van der Waals surface area contributed by atoms with Crippen LogP contribution in [0.5, 0.6) is 0 Å². The summed E-state index contributed by atoms with van der Waals surface area (Å²) in [5.41, 5.74) is 0.441. The summed E-state index contributed by atoms with van der Waals surface area (Å²) in [6.07, 6.45) is 7.14. The molecule has 0 saturated heterocycles. The predicted octanol–water partition coefficient (Wildman–Crippen LogP) is 3.32. The second-order valence-corrected chi connectivity index (χ2v) is 6.72. The van der Waals surface area contributed by atoms with Crippen molar-refractivity contribution >= 4 is 11.8 Å². The van der Waals surface area contributed by atoms with Crippen LogP contribution in [0.3, 0.4) is 0 Å². The number of nitrogens with zero attached hydrogens (tertiary/aromatic N) is 1. The predicted molar refractivity (Wildman–Crippen MR) is 71.2 cm³/mol. The van der Waals surface area contributed by atoms with Gasteiger partial charge in [0.05, 0.1) is 6.20 Å². The number of aromatic nitrogens is 1. The molecule has 2 rings (SSSR count). The fraction of sp³-hybridized carbons (Fsp3) is 0.769. The number of nitrogens with one attached hydrogen (secondary N) is 1. The average Bonchev–Trinajstić information content (AvgIpc) is 2.74. The first-order chi connectivity index (χ1) is 8.11. The van der Waals surface area contributed by atoms with E-state index < -0.39 is 0 Å². The Morgan fingerprint density at radius 2 is 2.41 bits per heavy atom. The van der Waals surface area contributed by atoms with E-state index in [2.05, 4.69) is 31.1 Å². The molecule has 1 aromatic heterocycles. The maximum atomic E-state index is 5.35. The second-order valence-electron chi connectivity index (χ2n) is 5.53. The van der Waals surface area contributed by atoms with Gasteiger partial charge in [-0.3, -0.25) is 0 Å². The van der Waals surface area contributed by atoms with Crippen molar-refractivity contribution in [3.8, 4) is 0 Å². The molecule has 0 aromatic carbocycles. The van der Waals surface area contributed by atoms with Crippen LogP contribution in [0.4, 0.5) is 0 Å². The van der Waals surface area contributed by atoms with Gasteiger partial charge in [0, 0.05) is 11.3 Å². The van der Waals surface area contributed by atoms with Gasteiger partial charge in [-0.25, -0.2) is 4.98 Å². The Bertz CT molecular complexity index is 337. The van der Waals surface area contributed by atoms with E-state index in [-0.39, 0.29) is 0 Å². The fourth-order valence-electron chi connectivity index (χ4n) is 2.54. The second kappa shape index (κ2) is 5.44. The van der Waals surface area contributed by atoms with Gasteiger partial charge >= 0.3 is 0 Å². The smallest absolute Gasteiger partial charge is 0.255 e. The molecule has 96 valence electrons. The van der Waals surface area contributed by atoms with E-state index in [9.17, 15) is 0 Å². The van der Waals surface area contributed by atoms with Crippen molar-refractivity contribution in [2.75, 3.05) is 6.54 Å². The molecule has 1 aliphatic rings. The molecule has 0 aliphatic heterocycles. The van der Waals surface area contributed by atoms with E-state index in [1.165, 1.54) is 19.3 Å². The Hall–Kier alpha value is -0.480. The first kappa shape index (κ1) is 13.0. The Morgan fingerprint density at radius 1 is 1.59 bits per heavy atom. The lowest BCUT2D eigenvalue weighted by Crippen LogP contribution is -2.44. The van der Waals surface area contributed by atoms with E-state index >= 15 is 0 Å². The first-order valence-corrected chi connectivity index (χ1v) is 7.28. The Labute approximate surface area is 108 Å². The summed E-state index contributed by atoms with van der Waals surface area (Å²) in [6, 6.07) is 0.588. The summed E-state index contributed by atoms with van der Waals surface area (Å²) in [6.45, 7) is 7.93. The maximum absolute atomic E-state index is 5.35. The molecule has 2 unspecified atom stereocenters. The molecule has 17 heavy (non-hydrogen) atoms. The van der Waals surface area contributed by atoms with Crippen molar-refractivity contribution in [1.29, 1.82) is 0 Å². The molecule has 1 N–H and O–H groups in total. The Morgan fingerprint density at radius 3 is 3.06 bits per heavy atom. The van der Waals surface area contributed by atoms with Crippen LogP contribution in [0.2, 0.25) is 0 Å². The van der Waals surface area contributed by atoms with Crippen molar-refractivity contribution in [2.45, 2.75) is 56.5 Å². The third-order valence-corrected chi connectivity index (χ3v) is 4.66.